The number of anilines is 1. The van der Waals surface area contributed by atoms with E-state index in [2.05, 4.69) is 31.2 Å². The second-order valence-corrected chi connectivity index (χ2v) is 9.92. The van der Waals surface area contributed by atoms with E-state index in [1.54, 1.807) is 15.4 Å². The third-order valence-electron chi connectivity index (χ3n) is 7.18. The van der Waals surface area contributed by atoms with Crippen LogP contribution in [0, 0.1) is 6.92 Å². The molecule has 208 valence electrons. The van der Waals surface area contributed by atoms with E-state index in [4.69, 9.17) is 4.74 Å². The maximum Gasteiger partial charge on any atom is 0.249 e. The second-order valence-electron chi connectivity index (χ2n) is 9.92. The normalized spacial score (nSPS) is 15.6. The molecule has 0 bridgehead atoms. The Bertz CT molecular complexity index is 1650. The van der Waals surface area contributed by atoms with Gasteiger partial charge in [0.1, 0.15) is 24.4 Å². The number of nitrogens with one attached hydrogen (secondary N) is 1. The molecule has 2 atom stereocenters. The van der Waals surface area contributed by atoms with Crippen molar-refractivity contribution in [3.05, 3.63) is 90.3 Å². The fourth-order valence-electron chi connectivity index (χ4n) is 5.16. The van der Waals surface area contributed by atoms with Crippen molar-refractivity contribution in [3.8, 4) is 5.69 Å². The number of nitrogens with zero attached hydrogens (tertiary/aromatic N) is 8. The fourth-order valence-corrected chi connectivity index (χ4v) is 5.16. The van der Waals surface area contributed by atoms with Crippen LogP contribution >= 0.6 is 0 Å². The molecule has 0 radical (unpaired) electrons. The van der Waals surface area contributed by atoms with Crippen molar-refractivity contribution >= 4 is 28.5 Å². The van der Waals surface area contributed by atoms with E-state index >= 15 is 0 Å². The van der Waals surface area contributed by atoms with Gasteiger partial charge >= 0.3 is 0 Å². The Labute approximate surface area is 235 Å². The van der Waals surface area contributed by atoms with E-state index in [9.17, 15) is 9.59 Å². The first kappa shape index (κ1) is 26.3. The molecule has 3 heterocycles. The molecule has 1 aliphatic heterocycles. The summed E-state index contributed by atoms with van der Waals surface area (Å²) in [6.07, 6.45) is 3.31. The third kappa shape index (κ3) is 5.54. The monoisotopic (exact) mass is 551 g/mol. The molecule has 1 N–H and O–H groups in total. The molecule has 1 saturated heterocycles. The van der Waals surface area contributed by atoms with Crippen molar-refractivity contribution in [1.29, 1.82) is 0 Å². The number of benzene rings is 3. The Morgan fingerprint density at radius 3 is 2.66 bits per heavy atom. The molecule has 0 saturated carbocycles. The summed E-state index contributed by atoms with van der Waals surface area (Å²) in [5.41, 5.74) is 4.22. The van der Waals surface area contributed by atoms with Gasteiger partial charge in [-0.1, -0.05) is 47.7 Å². The third-order valence-corrected chi connectivity index (χ3v) is 7.18. The van der Waals surface area contributed by atoms with Gasteiger partial charge in [0, 0.05) is 18.8 Å². The zero-order valence-corrected chi connectivity index (χ0v) is 22.5. The molecule has 1 aliphatic rings. The van der Waals surface area contributed by atoms with Crippen LogP contribution in [0.5, 0.6) is 0 Å². The number of aromatic nitrogens is 7. The molecule has 0 unspecified atom stereocenters. The van der Waals surface area contributed by atoms with Gasteiger partial charge in [0.2, 0.25) is 11.8 Å². The molecule has 6 rings (SSSR count). The molecule has 2 aromatic heterocycles. The van der Waals surface area contributed by atoms with Crippen molar-refractivity contribution in [2.75, 3.05) is 18.1 Å². The summed E-state index contributed by atoms with van der Waals surface area (Å²) < 4.78 is 8.83. The maximum atomic E-state index is 14.3. The lowest BCUT2D eigenvalue weighted by molar-refractivity contribution is -0.127. The second kappa shape index (κ2) is 11.6. The van der Waals surface area contributed by atoms with E-state index in [0.717, 1.165) is 29.6 Å². The SMILES string of the molecule is Cc1cc(N(C(=O)Cn2nnc3ccccc32)[C@@H](C(=O)NC[C@H]2CCCO2)c2ccccc2)ccc1-n1cnnn1. The average Bonchev–Trinajstić information content (AvgIpc) is 3.78. The lowest BCUT2D eigenvalue weighted by Gasteiger charge is -2.32. The van der Waals surface area contributed by atoms with Gasteiger partial charge in [0.25, 0.3) is 0 Å². The Morgan fingerprint density at radius 1 is 1.07 bits per heavy atom. The lowest BCUT2D eigenvalue weighted by atomic mass is 10.0. The lowest BCUT2D eigenvalue weighted by Crippen LogP contribution is -2.46. The number of carbonyl (C=O) groups excluding carboxylic acids is 2. The van der Waals surface area contributed by atoms with E-state index in [1.807, 2.05) is 73.7 Å². The van der Waals surface area contributed by atoms with E-state index in [1.165, 1.54) is 11.2 Å². The zero-order chi connectivity index (χ0) is 28.2. The van der Waals surface area contributed by atoms with Gasteiger partial charge in [-0.3, -0.25) is 14.5 Å². The summed E-state index contributed by atoms with van der Waals surface area (Å²) in [5, 5.41) is 22.9. The minimum Gasteiger partial charge on any atom is -0.376 e. The molecule has 41 heavy (non-hydrogen) atoms. The number of fused-ring (bicyclic) bond motifs is 1. The number of aryl methyl sites for hydroxylation is 1. The highest BCUT2D eigenvalue weighted by Crippen LogP contribution is 2.31. The zero-order valence-electron chi connectivity index (χ0n) is 22.5. The highest BCUT2D eigenvalue weighted by Gasteiger charge is 2.34. The van der Waals surface area contributed by atoms with Crippen molar-refractivity contribution in [1.82, 2.24) is 40.5 Å². The van der Waals surface area contributed by atoms with Gasteiger partial charge < -0.3 is 10.1 Å². The molecule has 3 aromatic carbocycles. The van der Waals surface area contributed by atoms with Crippen LogP contribution in [-0.2, 0) is 20.9 Å². The van der Waals surface area contributed by atoms with Crippen molar-refractivity contribution in [3.63, 3.8) is 0 Å². The van der Waals surface area contributed by atoms with E-state index in [0.29, 0.717) is 29.9 Å². The van der Waals surface area contributed by atoms with Crippen LogP contribution in [0.4, 0.5) is 5.69 Å². The number of amides is 2. The topological polar surface area (TPSA) is 133 Å². The summed E-state index contributed by atoms with van der Waals surface area (Å²) in [5.74, 6) is -0.623. The van der Waals surface area contributed by atoms with Crippen LogP contribution in [0.15, 0.2) is 79.1 Å². The maximum absolute atomic E-state index is 14.3. The minimum absolute atomic E-state index is 0.0427. The van der Waals surface area contributed by atoms with Crippen LogP contribution in [0.25, 0.3) is 16.7 Å². The average molecular weight is 552 g/mol. The summed E-state index contributed by atoms with van der Waals surface area (Å²) in [6, 6.07) is 21.3. The molecule has 1 fully saturated rings. The van der Waals surface area contributed by atoms with E-state index in [-0.39, 0.29) is 24.5 Å². The molecule has 5 aromatic rings. The minimum atomic E-state index is -0.946. The van der Waals surface area contributed by atoms with Gasteiger partial charge in [-0.2, -0.15) is 0 Å². The van der Waals surface area contributed by atoms with Crippen LogP contribution < -0.4 is 10.2 Å². The van der Waals surface area contributed by atoms with Gasteiger partial charge in [0.15, 0.2) is 0 Å². The number of carbonyl (C=O) groups is 2. The van der Waals surface area contributed by atoms with Crippen LogP contribution in [0.3, 0.4) is 0 Å². The van der Waals surface area contributed by atoms with Crippen LogP contribution in [0.1, 0.15) is 30.0 Å². The molecule has 0 aliphatic carbocycles. The Balaban J connectivity index is 1.41. The Kier molecular flexibility index (Phi) is 7.46. The van der Waals surface area contributed by atoms with Crippen molar-refractivity contribution < 1.29 is 14.3 Å². The van der Waals surface area contributed by atoms with Crippen molar-refractivity contribution in [2.24, 2.45) is 0 Å². The standard InChI is InChI=1S/C29H29N9O3/c1-20-16-22(13-14-25(20)37-19-31-33-35-37)38(27(39)18-36-26-12-6-5-11-24(26)32-34-36)28(21-8-3-2-4-9-21)29(40)30-17-23-10-7-15-41-23/h2-6,8-9,11-14,16,19,23,28H,7,10,15,17-18H2,1H3,(H,30,40)/t23-,28-/m1/s1. The quantitative estimate of drug-likeness (QED) is 0.296. The summed E-state index contributed by atoms with van der Waals surface area (Å²) in [7, 11) is 0. The molecule has 12 heteroatoms. The first-order chi connectivity index (χ1) is 20.1. The van der Waals surface area contributed by atoms with Crippen LogP contribution in [0.2, 0.25) is 0 Å². The van der Waals surface area contributed by atoms with Gasteiger partial charge in [-0.05, 0) is 71.7 Å². The number of hydrogen-bond donors (Lipinski definition) is 1. The summed E-state index contributed by atoms with van der Waals surface area (Å²) >= 11 is 0. The number of ether oxygens (including phenoxy) is 1. The molecular weight excluding hydrogens is 522 g/mol. The van der Waals surface area contributed by atoms with Gasteiger partial charge in [-0.25, -0.2) is 9.36 Å². The highest BCUT2D eigenvalue weighted by atomic mass is 16.5. The smallest absolute Gasteiger partial charge is 0.249 e. The summed E-state index contributed by atoms with van der Waals surface area (Å²) in [6.45, 7) is 2.85. The number of rotatable bonds is 9. The van der Waals surface area contributed by atoms with Crippen LogP contribution in [-0.4, -0.2) is 66.3 Å². The van der Waals surface area contributed by atoms with Gasteiger partial charge in [0.05, 0.1) is 17.3 Å². The number of hydrogen-bond acceptors (Lipinski definition) is 8. The largest absolute Gasteiger partial charge is 0.376 e. The van der Waals surface area contributed by atoms with Crippen molar-refractivity contribution in [2.45, 2.75) is 38.5 Å². The summed E-state index contributed by atoms with van der Waals surface area (Å²) in [4.78, 5) is 29.7. The number of para-hydroxylation sites is 1. The number of tetrazole rings is 1. The first-order valence-electron chi connectivity index (χ1n) is 13.5. The Hall–Kier alpha value is -4.97. The highest BCUT2D eigenvalue weighted by molar-refractivity contribution is 6.01. The Morgan fingerprint density at radius 2 is 1.90 bits per heavy atom. The molecule has 12 nitrogen and oxygen atoms in total. The van der Waals surface area contributed by atoms with E-state index < -0.39 is 6.04 Å². The fraction of sp³-hybridized carbons (Fsp3) is 0.276. The van der Waals surface area contributed by atoms with Gasteiger partial charge in [-0.15, -0.1) is 10.2 Å². The first-order valence-corrected chi connectivity index (χ1v) is 13.5. The molecule has 0 spiro atoms. The predicted molar refractivity (Wildman–Crippen MR) is 150 cm³/mol. The molecular formula is C29H29N9O3. The molecule has 2 amide bonds. The predicted octanol–water partition coefficient (Wildman–Crippen LogP) is 2.79.